The van der Waals surface area contributed by atoms with E-state index in [1.54, 1.807) is 36.3 Å². The first-order chi connectivity index (χ1) is 13.2. The van der Waals surface area contributed by atoms with Gasteiger partial charge in [-0.1, -0.05) is 12.1 Å². The predicted molar refractivity (Wildman–Crippen MR) is 102 cm³/mol. The van der Waals surface area contributed by atoms with Crippen LogP contribution in [0, 0.1) is 0 Å². The molecule has 140 valence electrons. The van der Waals surface area contributed by atoms with E-state index in [9.17, 15) is 4.79 Å². The van der Waals surface area contributed by atoms with Gasteiger partial charge < -0.3 is 9.64 Å². The summed E-state index contributed by atoms with van der Waals surface area (Å²) in [6.45, 7) is 5.29. The van der Waals surface area contributed by atoms with Crippen LogP contribution in [0.2, 0.25) is 0 Å². The molecule has 0 N–H and O–H groups in total. The summed E-state index contributed by atoms with van der Waals surface area (Å²) < 4.78 is 6.94. The predicted octanol–water partition coefficient (Wildman–Crippen LogP) is 2.08. The van der Waals surface area contributed by atoms with E-state index in [0.717, 1.165) is 25.4 Å². The van der Waals surface area contributed by atoms with Crippen LogP contribution in [-0.4, -0.2) is 63.1 Å². The third-order valence-electron chi connectivity index (χ3n) is 5.02. The number of amides is 1. The lowest BCUT2D eigenvalue weighted by Gasteiger charge is -2.39. The van der Waals surface area contributed by atoms with Crippen molar-refractivity contribution < 1.29 is 9.53 Å². The summed E-state index contributed by atoms with van der Waals surface area (Å²) in [5.74, 6) is 0.868. The molecule has 27 heavy (non-hydrogen) atoms. The van der Waals surface area contributed by atoms with Crippen LogP contribution in [0.1, 0.15) is 22.8 Å². The molecule has 0 saturated carbocycles. The first-order valence-electron chi connectivity index (χ1n) is 9.10. The van der Waals surface area contributed by atoms with Crippen molar-refractivity contribution in [3.05, 3.63) is 60.0 Å². The van der Waals surface area contributed by atoms with Gasteiger partial charge >= 0.3 is 0 Å². The Hall–Kier alpha value is -2.93. The lowest BCUT2D eigenvalue weighted by atomic mass is 10.1. The van der Waals surface area contributed by atoms with Crippen LogP contribution in [0.3, 0.4) is 0 Å². The molecule has 0 spiro atoms. The average molecular weight is 365 g/mol. The van der Waals surface area contributed by atoms with Gasteiger partial charge in [0, 0.05) is 44.6 Å². The van der Waals surface area contributed by atoms with Crippen LogP contribution in [-0.2, 0) is 6.54 Å². The largest absolute Gasteiger partial charge is 0.497 e. The number of benzene rings is 1. The van der Waals surface area contributed by atoms with Gasteiger partial charge in [-0.15, -0.1) is 0 Å². The zero-order chi connectivity index (χ0) is 18.8. The Kier molecular flexibility index (Phi) is 4.77. The molecule has 1 atom stereocenters. The fraction of sp³-hybridized carbons (Fsp3) is 0.350. The lowest BCUT2D eigenvalue weighted by Crippen LogP contribution is -2.53. The van der Waals surface area contributed by atoms with Crippen LogP contribution in [0.5, 0.6) is 5.75 Å². The molecule has 3 aromatic rings. The number of carbonyl (C=O) groups is 1. The summed E-state index contributed by atoms with van der Waals surface area (Å²) in [6, 6.07) is 10.1. The summed E-state index contributed by atoms with van der Waals surface area (Å²) in [4.78, 5) is 21.6. The van der Waals surface area contributed by atoms with Crippen LogP contribution in [0.4, 0.5) is 0 Å². The molecule has 7 nitrogen and oxygen atoms in total. The van der Waals surface area contributed by atoms with E-state index in [1.165, 1.54) is 5.56 Å². The van der Waals surface area contributed by atoms with Gasteiger partial charge in [0.05, 0.1) is 13.3 Å². The number of hydrogen-bond donors (Lipinski definition) is 0. The summed E-state index contributed by atoms with van der Waals surface area (Å²) >= 11 is 0. The average Bonchev–Trinajstić information content (AvgIpc) is 3.12. The van der Waals surface area contributed by atoms with E-state index in [2.05, 4.69) is 34.0 Å². The highest BCUT2D eigenvalue weighted by Crippen LogP contribution is 2.19. The van der Waals surface area contributed by atoms with Gasteiger partial charge in [0.15, 0.2) is 5.65 Å². The van der Waals surface area contributed by atoms with Gasteiger partial charge in [-0.05, 0) is 30.7 Å². The third kappa shape index (κ3) is 3.50. The number of methoxy groups -OCH3 is 1. The fourth-order valence-electron chi connectivity index (χ4n) is 3.64. The Morgan fingerprint density at radius 1 is 1.30 bits per heavy atom. The fourth-order valence-corrected chi connectivity index (χ4v) is 3.64. The molecule has 1 fully saturated rings. The molecular formula is C20H23N5O2. The Labute approximate surface area is 158 Å². The third-order valence-corrected chi connectivity index (χ3v) is 5.02. The molecule has 4 rings (SSSR count). The minimum absolute atomic E-state index is 0.00256. The molecule has 0 aliphatic carbocycles. The van der Waals surface area contributed by atoms with Crippen molar-refractivity contribution in [2.24, 2.45) is 0 Å². The highest BCUT2D eigenvalue weighted by Gasteiger charge is 2.29. The second kappa shape index (κ2) is 7.36. The first kappa shape index (κ1) is 17.5. The molecule has 0 bridgehead atoms. The maximum atomic E-state index is 13.0. The Morgan fingerprint density at radius 2 is 2.19 bits per heavy atom. The molecule has 1 saturated heterocycles. The molecular weight excluding hydrogens is 342 g/mol. The van der Waals surface area contributed by atoms with Crippen LogP contribution in [0.25, 0.3) is 5.65 Å². The number of fused-ring (bicyclic) bond motifs is 1. The van der Waals surface area contributed by atoms with Crippen LogP contribution in [0.15, 0.2) is 48.9 Å². The lowest BCUT2D eigenvalue weighted by molar-refractivity contribution is 0.0477. The van der Waals surface area contributed by atoms with E-state index in [-0.39, 0.29) is 11.9 Å². The second-order valence-corrected chi connectivity index (χ2v) is 6.88. The van der Waals surface area contributed by atoms with Crippen molar-refractivity contribution in [2.75, 3.05) is 26.7 Å². The van der Waals surface area contributed by atoms with Gasteiger partial charge in [0.25, 0.3) is 5.91 Å². The second-order valence-electron chi connectivity index (χ2n) is 6.88. The molecule has 0 unspecified atom stereocenters. The summed E-state index contributed by atoms with van der Waals surface area (Å²) in [5, 5.41) is 4.23. The number of nitrogens with zero attached hydrogens (tertiary/aromatic N) is 5. The van der Waals surface area contributed by atoms with Crippen LogP contribution < -0.4 is 4.74 Å². The Bertz CT molecular complexity index is 954. The van der Waals surface area contributed by atoms with Crippen molar-refractivity contribution in [1.29, 1.82) is 0 Å². The molecule has 1 aromatic carbocycles. The van der Waals surface area contributed by atoms with Gasteiger partial charge in [-0.25, -0.2) is 9.50 Å². The molecule has 1 aliphatic rings. The highest BCUT2D eigenvalue weighted by atomic mass is 16.5. The zero-order valence-corrected chi connectivity index (χ0v) is 15.6. The van der Waals surface area contributed by atoms with Crippen molar-refractivity contribution in [3.63, 3.8) is 0 Å². The number of ether oxygens (including phenoxy) is 1. The van der Waals surface area contributed by atoms with E-state index in [1.807, 2.05) is 17.0 Å². The number of carbonyl (C=O) groups excluding carboxylic acids is 1. The monoisotopic (exact) mass is 365 g/mol. The van der Waals surface area contributed by atoms with E-state index >= 15 is 0 Å². The number of piperazine rings is 1. The summed E-state index contributed by atoms with van der Waals surface area (Å²) in [7, 11) is 1.68. The highest BCUT2D eigenvalue weighted by molar-refractivity contribution is 5.99. The minimum atomic E-state index is -0.00256. The number of hydrogen-bond acceptors (Lipinski definition) is 5. The molecule has 2 aromatic heterocycles. The summed E-state index contributed by atoms with van der Waals surface area (Å²) in [6.07, 6.45) is 5.10. The van der Waals surface area contributed by atoms with Crippen LogP contribution >= 0.6 is 0 Å². The maximum absolute atomic E-state index is 13.0. The van der Waals surface area contributed by atoms with E-state index in [0.29, 0.717) is 17.8 Å². The molecule has 1 amide bonds. The smallest absolute Gasteiger partial charge is 0.259 e. The summed E-state index contributed by atoms with van der Waals surface area (Å²) in [5.41, 5.74) is 2.38. The van der Waals surface area contributed by atoms with E-state index < -0.39 is 0 Å². The van der Waals surface area contributed by atoms with Crippen molar-refractivity contribution in [3.8, 4) is 5.75 Å². The zero-order valence-electron chi connectivity index (χ0n) is 15.6. The maximum Gasteiger partial charge on any atom is 0.259 e. The molecule has 1 aliphatic heterocycles. The number of rotatable bonds is 4. The van der Waals surface area contributed by atoms with Gasteiger partial charge in [-0.2, -0.15) is 5.10 Å². The molecule has 0 radical (unpaired) electrons. The normalized spacial score (nSPS) is 18.0. The van der Waals surface area contributed by atoms with E-state index in [4.69, 9.17) is 4.74 Å². The Balaban J connectivity index is 1.44. The van der Waals surface area contributed by atoms with Gasteiger partial charge in [0.1, 0.15) is 11.3 Å². The Morgan fingerprint density at radius 3 is 3.00 bits per heavy atom. The quantitative estimate of drug-likeness (QED) is 0.708. The molecule has 3 heterocycles. The van der Waals surface area contributed by atoms with Gasteiger partial charge in [0.2, 0.25) is 0 Å². The SMILES string of the molecule is COc1cccc(CN2CCN(C(=O)c3cnn4cccnc34)[C@@H](C)C2)c1. The first-order valence-corrected chi connectivity index (χ1v) is 9.10. The number of aromatic nitrogens is 3. The van der Waals surface area contributed by atoms with Gasteiger partial charge in [-0.3, -0.25) is 9.69 Å². The standard InChI is InChI=1S/C20H23N5O2/c1-15-13-23(14-16-5-3-6-17(11-16)27-2)9-10-24(15)20(26)18-12-22-25-8-4-7-21-19(18)25/h3-8,11-12,15H,9-10,13-14H2,1-2H3/t15-/m0/s1. The van der Waals surface area contributed by atoms with Crippen molar-refractivity contribution in [1.82, 2.24) is 24.4 Å². The van der Waals surface area contributed by atoms with Crippen molar-refractivity contribution >= 4 is 11.6 Å². The topological polar surface area (TPSA) is 63.0 Å². The molecule has 7 heteroatoms. The van der Waals surface area contributed by atoms with Crippen molar-refractivity contribution in [2.45, 2.75) is 19.5 Å². The minimum Gasteiger partial charge on any atom is -0.497 e.